The maximum absolute atomic E-state index is 13.3. The number of aromatic nitrogens is 1. The second-order valence-corrected chi connectivity index (χ2v) is 10.0. The minimum Gasteiger partial charge on any atom is -0.439 e. The van der Waals surface area contributed by atoms with Crippen molar-refractivity contribution < 1.29 is 14.3 Å². The lowest BCUT2D eigenvalue weighted by Crippen LogP contribution is -2.62. The standard InChI is InChI=1S/C24H26N6O3S/c31-22(28-14-8-10-25-12-14)21-20-19-17(9-11-26-23(19)34-21)30(24(32)29-20)15-6-7-18(27-13-15)33-16-4-2-1-3-5-16/h1-7,13-14,17,19,23,25-26H,8-12H2,(H,28,31)(H,29,32)/t14-,17?,19?,23?/m1/s1. The Balaban J connectivity index is 1.24. The van der Waals surface area contributed by atoms with Gasteiger partial charge in [-0.15, -0.1) is 0 Å². The summed E-state index contributed by atoms with van der Waals surface area (Å²) in [6.07, 6.45) is 3.39. The Kier molecular flexibility index (Phi) is 5.64. The molecule has 0 aliphatic carbocycles. The van der Waals surface area contributed by atoms with Gasteiger partial charge in [-0.05, 0) is 44.1 Å². The molecule has 4 aliphatic rings. The molecule has 6 rings (SSSR count). The van der Waals surface area contributed by atoms with Gasteiger partial charge in [0.15, 0.2) is 0 Å². The molecule has 0 bridgehead atoms. The number of para-hydroxylation sites is 1. The first-order valence-corrected chi connectivity index (χ1v) is 12.5. The van der Waals surface area contributed by atoms with Crippen molar-refractivity contribution in [2.75, 3.05) is 24.5 Å². The number of benzene rings is 1. The first-order chi connectivity index (χ1) is 16.7. The van der Waals surface area contributed by atoms with E-state index in [4.69, 9.17) is 4.74 Å². The predicted octanol–water partition coefficient (Wildman–Crippen LogP) is 2.14. The van der Waals surface area contributed by atoms with E-state index in [0.29, 0.717) is 22.2 Å². The van der Waals surface area contributed by atoms with Gasteiger partial charge in [0.25, 0.3) is 5.91 Å². The van der Waals surface area contributed by atoms with E-state index in [1.54, 1.807) is 17.2 Å². The highest BCUT2D eigenvalue weighted by atomic mass is 32.2. The molecule has 3 saturated heterocycles. The molecule has 0 radical (unpaired) electrons. The van der Waals surface area contributed by atoms with Gasteiger partial charge in [-0.1, -0.05) is 30.0 Å². The minimum atomic E-state index is -0.231. The zero-order chi connectivity index (χ0) is 23.1. The highest BCUT2D eigenvalue weighted by Crippen LogP contribution is 2.47. The smallest absolute Gasteiger partial charge is 0.326 e. The predicted molar refractivity (Wildman–Crippen MR) is 129 cm³/mol. The second-order valence-electron chi connectivity index (χ2n) is 8.85. The van der Waals surface area contributed by atoms with Crippen LogP contribution in [0, 0.1) is 5.92 Å². The number of nitrogens with one attached hydrogen (secondary N) is 4. The Morgan fingerprint density at radius 3 is 2.79 bits per heavy atom. The maximum atomic E-state index is 13.3. The van der Waals surface area contributed by atoms with Crippen molar-refractivity contribution in [3.63, 3.8) is 0 Å². The zero-order valence-corrected chi connectivity index (χ0v) is 19.3. The van der Waals surface area contributed by atoms with Crippen LogP contribution in [0.3, 0.4) is 0 Å². The molecule has 3 amide bonds. The topological polar surface area (TPSA) is 108 Å². The highest BCUT2D eigenvalue weighted by Gasteiger charge is 2.51. The van der Waals surface area contributed by atoms with Gasteiger partial charge in [0.1, 0.15) is 5.75 Å². The van der Waals surface area contributed by atoms with Crippen LogP contribution >= 0.6 is 11.8 Å². The number of amides is 3. The van der Waals surface area contributed by atoms with Gasteiger partial charge >= 0.3 is 6.03 Å². The van der Waals surface area contributed by atoms with E-state index in [9.17, 15) is 9.59 Å². The minimum absolute atomic E-state index is 0.0131. The summed E-state index contributed by atoms with van der Waals surface area (Å²) in [5.41, 5.74) is 1.46. The molecule has 1 aromatic heterocycles. The number of ether oxygens (including phenoxy) is 1. The average Bonchev–Trinajstić information content (AvgIpc) is 3.49. The molecule has 4 atom stereocenters. The average molecular weight is 479 g/mol. The summed E-state index contributed by atoms with van der Waals surface area (Å²) in [6.45, 7) is 2.47. The molecule has 0 saturated carbocycles. The van der Waals surface area contributed by atoms with E-state index in [1.807, 2.05) is 36.4 Å². The summed E-state index contributed by atoms with van der Waals surface area (Å²) >= 11 is 1.52. The molecule has 3 unspecified atom stereocenters. The molecule has 9 nitrogen and oxygen atoms in total. The second kappa shape index (κ2) is 8.94. The molecule has 2 aromatic rings. The number of urea groups is 1. The Morgan fingerprint density at radius 1 is 1.15 bits per heavy atom. The third-order valence-electron chi connectivity index (χ3n) is 6.71. The zero-order valence-electron chi connectivity index (χ0n) is 18.5. The number of piperidine rings is 1. The molecule has 0 spiro atoms. The molecule has 34 heavy (non-hydrogen) atoms. The summed E-state index contributed by atoms with van der Waals surface area (Å²) < 4.78 is 5.79. The number of carbonyl (C=O) groups excluding carboxylic acids is 2. The molecule has 1 aromatic carbocycles. The largest absolute Gasteiger partial charge is 0.439 e. The molecule has 176 valence electrons. The molecule has 4 N–H and O–H groups in total. The van der Waals surface area contributed by atoms with Crippen LogP contribution in [0.4, 0.5) is 10.5 Å². The molecule has 3 fully saturated rings. The summed E-state index contributed by atoms with van der Waals surface area (Å²) in [7, 11) is 0. The van der Waals surface area contributed by atoms with Crippen molar-refractivity contribution in [1.29, 1.82) is 0 Å². The van der Waals surface area contributed by atoms with Crippen molar-refractivity contribution in [2.24, 2.45) is 5.92 Å². The lowest BCUT2D eigenvalue weighted by Gasteiger charge is -2.45. The summed E-state index contributed by atoms with van der Waals surface area (Å²) in [5, 5.41) is 13.0. The lowest BCUT2D eigenvalue weighted by molar-refractivity contribution is -0.117. The third-order valence-corrected chi connectivity index (χ3v) is 8.06. The molecular formula is C24H26N6O3S. The number of nitrogens with zero attached hydrogens (tertiary/aromatic N) is 2. The van der Waals surface area contributed by atoms with E-state index in [1.165, 1.54) is 11.8 Å². The van der Waals surface area contributed by atoms with Gasteiger partial charge in [-0.2, -0.15) is 0 Å². The van der Waals surface area contributed by atoms with Crippen LogP contribution in [0.15, 0.2) is 59.3 Å². The quantitative estimate of drug-likeness (QED) is 0.522. The SMILES string of the molecule is O=C(N[C@@H]1CCNC1)C1=C2NC(=O)N(c3ccc(Oc4ccccc4)nc3)C3CCNC(S1)C23. The van der Waals surface area contributed by atoms with E-state index in [0.717, 1.165) is 38.2 Å². The van der Waals surface area contributed by atoms with Gasteiger partial charge in [-0.25, -0.2) is 9.78 Å². The number of carbonyl (C=O) groups is 2. The first-order valence-electron chi connectivity index (χ1n) is 11.6. The van der Waals surface area contributed by atoms with Crippen molar-refractivity contribution in [3.05, 3.63) is 59.3 Å². The van der Waals surface area contributed by atoms with Gasteiger partial charge in [0.05, 0.1) is 28.2 Å². The summed E-state index contributed by atoms with van der Waals surface area (Å²) in [5.74, 6) is 1.09. The van der Waals surface area contributed by atoms with Crippen LogP contribution in [0.25, 0.3) is 0 Å². The van der Waals surface area contributed by atoms with E-state index >= 15 is 0 Å². The Bertz CT molecular complexity index is 1120. The van der Waals surface area contributed by atoms with Crippen LogP contribution in [-0.2, 0) is 4.79 Å². The van der Waals surface area contributed by atoms with E-state index < -0.39 is 0 Å². The molecule has 4 aliphatic heterocycles. The Hall–Kier alpha value is -3.08. The van der Waals surface area contributed by atoms with Crippen LogP contribution in [0.2, 0.25) is 0 Å². The maximum Gasteiger partial charge on any atom is 0.326 e. The number of pyridine rings is 1. The third kappa shape index (κ3) is 3.91. The molecular weight excluding hydrogens is 452 g/mol. The molecule has 10 heteroatoms. The summed E-state index contributed by atoms with van der Waals surface area (Å²) in [4.78, 5) is 33.2. The van der Waals surface area contributed by atoms with Crippen LogP contribution < -0.4 is 30.9 Å². The number of hydrogen-bond donors (Lipinski definition) is 4. The van der Waals surface area contributed by atoms with Gasteiger partial charge in [0, 0.05) is 30.3 Å². The lowest BCUT2D eigenvalue weighted by atomic mass is 9.86. The van der Waals surface area contributed by atoms with Gasteiger partial charge in [-0.3, -0.25) is 9.69 Å². The Labute approximate surface area is 201 Å². The number of anilines is 1. The van der Waals surface area contributed by atoms with Crippen molar-refractivity contribution >= 4 is 29.4 Å². The van der Waals surface area contributed by atoms with Gasteiger partial charge in [0.2, 0.25) is 5.88 Å². The summed E-state index contributed by atoms with van der Waals surface area (Å²) in [6, 6.07) is 12.9. The number of thioether (sulfide) groups is 1. The molecule has 5 heterocycles. The number of rotatable bonds is 5. The first kappa shape index (κ1) is 21.5. The van der Waals surface area contributed by atoms with E-state index in [-0.39, 0.29) is 35.3 Å². The van der Waals surface area contributed by atoms with Gasteiger partial charge < -0.3 is 26.0 Å². The van der Waals surface area contributed by atoms with Crippen molar-refractivity contribution in [1.82, 2.24) is 26.3 Å². The fraction of sp³-hybridized carbons (Fsp3) is 0.375. The monoisotopic (exact) mass is 478 g/mol. The normalized spacial score (nSPS) is 27.9. The van der Waals surface area contributed by atoms with Crippen LogP contribution in [0.1, 0.15) is 12.8 Å². The fourth-order valence-electron chi connectivity index (χ4n) is 5.14. The van der Waals surface area contributed by atoms with Crippen LogP contribution in [-0.4, -0.2) is 54.0 Å². The highest BCUT2D eigenvalue weighted by molar-refractivity contribution is 8.04. The van der Waals surface area contributed by atoms with Crippen molar-refractivity contribution in [3.8, 4) is 11.6 Å². The Morgan fingerprint density at radius 2 is 2.03 bits per heavy atom. The number of hydrogen-bond acceptors (Lipinski definition) is 7. The van der Waals surface area contributed by atoms with E-state index in [2.05, 4.69) is 26.3 Å². The van der Waals surface area contributed by atoms with Crippen LogP contribution in [0.5, 0.6) is 11.6 Å². The fourth-order valence-corrected chi connectivity index (χ4v) is 6.54. The van der Waals surface area contributed by atoms with Crippen molar-refractivity contribution in [2.45, 2.75) is 30.3 Å².